The largest absolute Gasteiger partial charge is 0.349 e. The second kappa shape index (κ2) is 5.98. The Kier molecular flexibility index (Phi) is 3.82. The third kappa shape index (κ3) is 2.98. The summed E-state index contributed by atoms with van der Waals surface area (Å²) in [6.45, 7) is 0. The van der Waals surface area contributed by atoms with E-state index in [-0.39, 0.29) is 24.2 Å². The van der Waals surface area contributed by atoms with Crippen LogP contribution in [0, 0.1) is 5.82 Å². The van der Waals surface area contributed by atoms with Crippen LogP contribution in [0.2, 0.25) is 0 Å². The van der Waals surface area contributed by atoms with Gasteiger partial charge in [0.25, 0.3) is 0 Å². The summed E-state index contributed by atoms with van der Waals surface area (Å²) < 4.78 is 15.4. The van der Waals surface area contributed by atoms with Gasteiger partial charge in [-0.1, -0.05) is 0 Å². The number of nitrogens with zero attached hydrogens (tertiary/aromatic N) is 2. The minimum absolute atomic E-state index is 0.0807. The molecule has 0 saturated heterocycles. The van der Waals surface area contributed by atoms with E-state index in [1.807, 2.05) is 22.2 Å². The van der Waals surface area contributed by atoms with Gasteiger partial charge >= 0.3 is 0 Å². The number of hydrogen-bond acceptors (Lipinski definition) is 4. The van der Waals surface area contributed by atoms with Crippen LogP contribution in [0.5, 0.6) is 0 Å². The lowest BCUT2D eigenvalue weighted by Gasteiger charge is -2.25. The van der Waals surface area contributed by atoms with E-state index in [4.69, 9.17) is 0 Å². The first-order valence-corrected chi connectivity index (χ1v) is 9.18. The van der Waals surface area contributed by atoms with E-state index >= 15 is 0 Å². The van der Waals surface area contributed by atoms with Crippen molar-refractivity contribution >= 4 is 34.0 Å². The fraction of sp³-hybridized carbons (Fsp3) is 0.250. The molecule has 0 saturated carbocycles. The summed E-state index contributed by atoms with van der Waals surface area (Å²) in [5, 5.41) is 4.98. The Balaban J connectivity index is 1.49. The minimum Gasteiger partial charge on any atom is -0.349 e. The lowest BCUT2D eigenvalue weighted by molar-refractivity contribution is -0.121. The van der Waals surface area contributed by atoms with E-state index in [9.17, 15) is 9.18 Å². The molecule has 7 heteroatoms. The average molecular weight is 347 g/mol. The molecular formula is C16H14FN3OS2. The van der Waals surface area contributed by atoms with Crippen molar-refractivity contribution in [1.82, 2.24) is 14.7 Å². The highest BCUT2D eigenvalue weighted by molar-refractivity contribution is 7.99. The molecular weight excluding hydrogens is 333 g/mol. The maximum Gasteiger partial charge on any atom is 0.226 e. The zero-order valence-electron chi connectivity index (χ0n) is 12.2. The Bertz CT molecular complexity index is 845. The van der Waals surface area contributed by atoms with Crippen molar-refractivity contribution in [3.05, 3.63) is 53.0 Å². The monoisotopic (exact) mass is 347 g/mol. The van der Waals surface area contributed by atoms with Crippen molar-refractivity contribution in [3.63, 3.8) is 0 Å². The molecule has 1 aliphatic heterocycles. The third-order valence-electron chi connectivity index (χ3n) is 3.83. The van der Waals surface area contributed by atoms with Crippen LogP contribution in [-0.2, 0) is 11.2 Å². The number of carbonyl (C=O) groups is 1. The molecule has 1 N–H and O–H groups in total. The molecule has 0 radical (unpaired) electrons. The fourth-order valence-corrected chi connectivity index (χ4v) is 4.61. The standard InChI is InChI=1S/C16H14FN3OS2/c17-10-1-2-14-12(7-10)13(3-5-22-14)19-15(21)8-11-9-20-4-6-23-16(20)18-11/h1-2,4,6-7,9,13H,3,5,8H2,(H,19,21)/t13-/m0/s1. The van der Waals surface area contributed by atoms with Gasteiger partial charge in [-0.2, -0.15) is 0 Å². The molecule has 118 valence electrons. The van der Waals surface area contributed by atoms with Gasteiger partial charge in [0.2, 0.25) is 5.91 Å². The summed E-state index contributed by atoms with van der Waals surface area (Å²) in [7, 11) is 0. The minimum atomic E-state index is -0.264. The summed E-state index contributed by atoms with van der Waals surface area (Å²) in [6.07, 6.45) is 4.84. The van der Waals surface area contributed by atoms with Crippen LogP contribution in [0.1, 0.15) is 23.7 Å². The van der Waals surface area contributed by atoms with Crippen LogP contribution < -0.4 is 5.32 Å². The Morgan fingerprint density at radius 1 is 1.48 bits per heavy atom. The SMILES string of the molecule is O=C(Cc1cn2ccsc2n1)N[C@H]1CCSc2ccc(F)cc21. The van der Waals surface area contributed by atoms with Gasteiger partial charge in [-0.25, -0.2) is 9.37 Å². The number of rotatable bonds is 3. The molecule has 1 amide bonds. The maximum absolute atomic E-state index is 13.5. The van der Waals surface area contributed by atoms with Crippen molar-refractivity contribution in [1.29, 1.82) is 0 Å². The second-order valence-electron chi connectivity index (χ2n) is 5.44. The topological polar surface area (TPSA) is 46.4 Å². The zero-order valence-corrected chi connectivity index (χ0v) is 13.8. The highest BCUT2D eigenvalue weighted by atomic mass is 32.2. The fourth-order valence-electron chi connectivity index (χ4n) is 2.79. The van der Waals surface area contributed by atoms with Gasteiger partial charge in [0.15, 0.2) is 4.96 Å². The number of nitrogens with one attached hydrogen (secondary N) is 1. The molecule has 0 fully saturated rings. The number of thioether (sulfide) groups is 1. The van der Waals surface area contributed by atoms with Crippen LogP contribution in [-0.4, -0.2) is 21.0 Å². The summed E-state index contributed by atoms with van der Waals surface area (Å²) in [5.41, 5.74) is 1.62. The summed E-state index contributed by atoms with van der Waals surface area (Å²) in [6, 6.07) is 4.66. The van der Waals surface area contributed by atoms with E-state index in [2.05, 4.69) is 10.3 Å². The van der Waals surface area contributed by atoms with Crippen LogP contribution >= 0.6 is 23.1 Å². The lowest BCUT2D eigenvalue weighted by Crippen LogP contribution is -2.32. The number of imidazole rings is 1. The molecule has 3 aromatic rings. The molecule has 4 rings (SSSR count). The van der Waals surface area contributed by atoms with Crippen LogP contribution in [0.4, 0.5) is 4.39 Å². The van der Waals surface area contributed by atoms with Gasteiger partial charge in [0.1, 0.15) is 5.82 Å². The normalized spacial score (nSPS) is 17.2. The molecule has 0 unspecified atom stereocenters. The molecule has 0 spiro atoms. The molecule has 1 aliphatic rings. The van der Waals surface area contributed by atoms with Crippen molar-refractivity contribution in [3.8, 4) is 0 Å². The van der Waals surface area contributed by atoms with Crippen molar-refractivity contribution in [2.24, 2.45) is 0 Å². The molecule has 23 heavy (non-hydrogen) atoms. The van der Waals surface area contributed by atoms with Gasteiger partial charge in [0.05, 0.1) is 18.2 Å². The van der Waals surface area contributed by atoms with Gasteiger partial charge < -0.3 is 5.32 Å². The van der Waals surface area contributed by atoms with Crippen molar-refractivity contribution in [2.75, 3.05) is 5.75 Å². The second-order valence-corrected chi connectivity index (χ2v) is 7.45. The van der Waals surface area contributed by atoms with E-state index in [1.165, 1.54) is 23.5 Å². The van der Waals surface area contributed by atoms with Gasteiger partial charge in [-0.15, -0.1) is 23.1 Å². The first-order valence-electron chi connectivity index (χ1n) is 7.32. The Labute approximate surface area is 140 Å². The summed E-state index contributed by atoms with van der Waals surface area (Å²) in [5.74, 6) is 0.576. The molecule has 0 aliphatic carbocycles. The number of hydrogen-bond donors (Lipinski definition) is 1. The lowest BCUT2D eigenvalue weighted by atomic mass is 10.0. The Morgan fingerprint density at radius 2 is 2.39 bits per heavy atom. The van der Waals surface area contributed by atoms with Crippen molar-refractivity contribution < 1.29 is 9.18 Å². The number of aromatic nitrogens is 2. The summed E-state index contributed by atoms with van der Waals surface area (Å²) in [4.78, 5) is 18.7. The van der Waals surface area contributed by atoms with Crippen LogP contribution in [0.15, 0.2) is 40.9 Å². The van der Waals surface area contributed by atoms with Crippen molar-refractivity contribution in [2.45, 2.75) is 23.8 Å². The highest BCUT2D eigenvalue weighted by Gasteiger charge is 2.23. The number of amides is 1. The van der Waals surface area contributed by atoms with Gasteiger partial charge in [0, 0.05) is 28.4 Å². The number of fused-ring (bicyclic) bond motifs is 2. The van der Waals surface area contributed by atoms with Crippen LogP contribution in [0.25, 0.3) is 4.96 Å². The predicted molar refractivity (Wildman–Crippen MR) is 89.4 cm³/mol. The Morgan fingerprint density at radius 3 is 3.26 bits per heavy atom. The number of halogens is 1. The zero-order chi connectivity index (χ0) is 15.8. The van der Waals surface area contributed by atoms with Crippen LogP contribution in [0.3, 0.4) is 0 Å². The Hall–Kier alpha value is -1.86. The van der Waals surface area contributed by atoms with Gasteiger partial charge in [-0.05, 0) is 30.2 Å². The molecule has 3 heterocycles. The van der Waals surface area contributed by atoms with Gasteiger partial charge in [-0.3, -0.25) is 9.20 Å². The third-order valence-corrected chi connectivity index (χ3v) is 5.72. The predicted octanol–water partition coefficient (Wildman–Crippen LogP) is 3.43. The van der Waals surface area contributed by atoms with E-state index in [0.717, 1.165) is 33.3 Å². The molecule has 4 nitrogen and oxygen atoms in total. The highest BCUT2D eigenvalue weighted by Crippen LogP contribution is 2.36. The quantitative estimate of drug-likeness (QED) is 0.790. The van der Waals surface area contributed by atoms with E-state index in [0.29, 0.717) is 0 Å². The molecule has 1 atom stereocenters. The number of benzene rings is 1. The summed E-state index contributed by atoms with van der Waals surface area (Å²) >= 11 is 3.24. The maximum atomic E-state index is 13.5. The smallest absolute Gasteiger partial charge is 0.226 e. The van der Waals surface area contributed by atoms with E-state index in [1.54, 1.807) is 17.8 Å². The number of thiazole rings is 1. The first-order chi connectivity index (χ1) is 11.2. The first kappa shape index (κ1) is 14.7. The molecule has 1 aromatic carbocycles. The molecule has 2 aromatic heterocycles. The average Bonchev–Trinajstić information content (AvgIpc) is 3.09. The van der Waals surface area contributed by atoms with E-state index < -0.39 is 0 Å². The molecule has 0 bridgehead atoms. The number of carbonyl (C=O) groups excluding carboxylic acids is 1.